The fourth-order valence-corrected chi connectivity index (χ4v) is 2.59. The molecule has 0 aliphatic carbocycles. The van der Waals surface area contributed by atoms with Crippen LogP contribution in [0.1, 0.15) is 27.2 Å². The van der Waals surface area contributed by atoms with Crippen LogP contribution in [0.2, 0.25) is 0 Å². The minimum Gasteiger partial charge on any atom is -0.346 e. The van der Waals surface area contributed by atoms with Crippen LogP contribution >= 0.6 is 0 Å². The number of amides is 1. The molecule has 24 heavy (non-hydrogen) atoms. The van der Waals surface area contributed by atoms with Gasteiger partial charge in [0.2, 0.25) is 0 Å². The van der Waals surface area contributed by atoms with Crippen molar-refractivity contribution < 1.29 is 4.79 Å². The highest BCUT2D eigenvalue weighted by Gasteiger charge is 2.16. The van der Waals surface area contributed by atoms with E-state index in [0.29, 0.717) is 12.1 Å². The predicted octanol–water partition coefficient (Wildman–Crippen LogP) is 2.48. The van der Waals surface area contributed by atoms with Gasteiger partial charge in [-0.3, -0.25) is 9.59 Å². The summed E-state index contributed by atoms with van der Waals surface area (Å²) in [6.07, 6.45) is 0. The molecule has 0 atom stereocenters. The molecule has 0 aliphatic rings. The van der Waals surface area contributed by atoms with Crippen molar-refractivity contribution in [1.82, 2.24) is 14.9 Å². The van der Waals surface area contributed by atoms with Crippen molar-refractivity contribution in [2.75, 3.05) is 0 Å². The average molecular weight is 321 g/mol. The van der Waals surface area contributed by atoms with Crippen molar-refractivity contribution in [3.8, 4) is 0 Å². The number of nitrogens with zero attached hydrogens (tertiary/aromatic N) is 2. The van der Waals surface area contributed by atoms with Crippen LogP contribution in [-0.4, -0.2) is 15.5 Å². The Balaban J connectivity index is 1.97. The molecule has 0 aliphatic heterocycles. The van der Waals surface area contributed by atoms with Crippen molar-refractivity contribution in [3.05, 3.63) is 75.2 Å². The molecular formula is C19H19N3O2. The first-order chi connectivity index (χ1) is 11.5. The van der Waals surface area contributed by atoms with Gasteiger partial charge in [0.05, 0.1) is 11.0 Å². The summed E-state index contributed by atoms with van der Waals surface area (Å²) in [5, 5.41) is 2.76. The van der Waals surface area contributed by atoms with E-state index < -0.39 is 11.5 Å². The number of rotatable bonds is 3. The molecule has 0 spiro atoms. The van der Waals surface area contributed by atoms with E-state index in [4.69, 9.17) is 0 Å². The first-order valence-corrected chi connectivity index (χ1v) is 7.77. The third-order valence-electron chi connectivity index (χ3n) is 4.20. The Morgan fingerprint density at radius 2 is 1.79 bits per heavy atom. The number of carbonyl (C=O) groups is 1. The van der Waals surface area contributed by atoms with E-state index in [0.717, 1.165) is 22.2 Å². The molecule has 0 unspecified atom stereocenters. The minimum atomic E-state index is -0.459. The lowest BCUT2D eigenvalue weighted by atomic mass is 10.1. The monoisotopic (exact) mass is 321 g/mol. The topological polar surface area (TPSA) is 64.0 Å². The van der Waals surface area contributed by atoms with Gasteiger partial charge < -0.3 is 9.88 Å². The summed E-state index contributed by atoms with van der Waals surface area (Å²) in [5.74, 6) is -0.459. The highest BCUT2D eigenvalue weighted by atomic mass is 16.2. The Kier molecular flexibility index (Phi) is 4.16. The second kappa shape index (κ2) is 6.28. The van der Waals surface area contributed by atoms with Crippen LogP contribution in [0, 0.1) is 13.8 Å². The molecule has 1 aromatic heterocycles. The molecule has 0 saturated heterocycles. The van der Waals surface area contributed by atoms with Gasteiger partial charge in [-0.2, -0.15) is 0 Å². The zero-order chi connectivity index (χ0) is 17.3. The molecule has 5 heteroatoms. The van der Waals surface area contributed by atoms with E-state index in [1.807, 2.05) is 56.3 Å². The van der Waals surface area contributed by atoms with E-state index in [9.17, 15) is 9.59 Å². The molecule has 1 heterocycles. The number of hydrogen-bond donors (Lipinski definition) is 1. The summed E-state index contributed by atoms with van der Waals surface area (Å²) in [6.45, 7) is 4.33. The lowest BCUT2D eigenvalue weighted by Gasteiger charge is -2.10. The van der Waals surface area contributed by atoms with E-state index in [2.05, 4.69) is 10.3 Å². The third kappa shape index (κ3) is 2.93. The summed E-state index contributed by atoms with van der Waals surface area (Å²) < 4.78 is 1.48. The van der Waals surface area contributed by atoms with Gasteiger partial charge in [0, 0.05) is 13.6 Å². The van der Waals surface area contributed by atoms with Crippen molar-refractivity contribution in [2.24, 2.45) is 7.05 Å². The standard InChI is InChI=1S/C19H19N3O2/c1-12-9-15-16(10-13(12)2)22(3)19(24)17(21-15)18(23)20-11-14-7-5-4-6-8-14/h4-10H,11H2,1-3H3,(H,20,23). The maximum absolute atomic E-state index is 12.5. The van der Waals surface area contributed by atoms with Gasteiger partial charge in [-0.1, -0.05) is 30.3 Å². The van der Waals surface area contributed by atoms with Crippen LogP contribution in [0.4, 0.5) is 0 Å². The second-order valence-corrected chi connectivity index (χ2v) is 5.92. The molecule has 5 nitrogen and oxygen atoms in total. The molecule has 0 fully saturated rings. The number of benzene rings is 2. The molecule has 1 N–H and O–H groups in total. The summed E-state index contributed by atoms with van der Waals surface area (Å²) in [7, 11) is 1.66. The zero-order valence-corrected chi connectivity index (χ0v) is 14.0. The van der Waals surface area contributed by atoms with Crippen LogP contribution in [0.15, 0.2) is 47.3 Å². The summed E-state index contributed by atoms with van der Waals surface area (Å²) >= 11 is 0. The van der Waals surface area contributed by atoms with Crippen molar-refractivity contribution in [1.29, 1.82) is 0 Å². The Labute approximate surface area is 140 Å². The highest BCUT2D eigenvalue weighted by molar-refractivity contribution is 5.94. The Hall–Kier alpha value is -2.95. The van der Waals surface area contributed by atoms with Crippen LogP contribution in [0.25, 0.3) is 11.0 Å². The molecule has 3 rings (SSSR count). The van der Waals surface area contributed by atoms with E-state index >= 15 is 0 Å². The van der Waals surface area contributed by atoms with Gasteiger partial charge in [-0.25, -0.2) is 4.98 Å². The fourth-order valence-electron chi connectivity index (χ4n) is 2.59. The summed E-state index contributed by atoms with van der Waals surface area (Å²) in [6, 6.07) is 13.4. The molecule has 1 amide bonds. The van der Waals surface area contributed by atoms with Gasteiger partial charge in [-0.15, -0.1) is 0 Å². The number of carbonyl (C=O) groups excluding carboxylic acids is 1. The smallest absolute Gasteiger partial charge is 0.282 e. The van der Waals surface area contributed by atoms with Crippen molar-refractivity contribution >= 4 is 16.9 Å². The van der Waals surface area contributed by atoms with Gasteiger partial charge >= 0.3 is 0 Å². The Morgan fingerprint density at radius 3 is 2.50 bits per heavy atom. The van der Waals surface area contributed by atoms with Gasteiger partial charge in [0.25, 0.3) is 11.5 Å². The molecular weight excluding hydrogens is 302 g/mol. The Bertz CT molecular complexity index is 975. The molecule has 0 bridgehead atoms. The number of hydrogen-bond acceptors (Lipinski definition) is 3. The van der Waals surface area contributed by atoms with Crippen LogP contribution in [-0.2, 0) is 13.6 Å². The zero-order valence-electron chi connectivity index (χ0n) is 14.0. The number of aromatic nitrogens is 2. The first-order valence-electron chi connectivity index (χ1n) is 7.77. The normalized spacial score (nSPS) is 10.8. The summed E-state index contributed by atoms with van der Waals surface area (Å²) in [4.78, 5) is 29.2. The molecule has 2 aromatic carbocycles. The predicted molar refractivity (Wildman–Crippen MR) is 94.1 cm³/mol. The fraction of sp³-hybridized carbons (Fsp3) is 0.211. The highest BCUT2D eigenvalue weighted by Crippen LogP contribution is 2.16. The van der Waals surface area contributed by atoms with Crippen molar-refractivity contribution in [2.45, 2.75) is 20.4 Å². The maximum atomic E-state index is 12.5. The lowest BCUT2D eigenvalue weighted by molar-refractivity contribution is 0.0944. The Morgan fingerprint density at radius 1 is 1.12 bits per heavy atom. The quantitative estimate of drug-likeness (QED) is 0.806. The number of aryl methyl sites for hydroxylation is 3. The molecule has 0 radical (unpaired) electrons. The second-order valence-electron chi connectivity index (χ2n) is 5.92. The van der Waals surface area contributed by atoms with Crippen molar-refractivity contribution in [3.63, 3.8) is 0 Å². The maximum Gasteiger partial charge on any atom is 0.282 e. The van der Waals surface area contributed by atoms with Crippen LogP contribution in [0.3, 0.4) is 0 Å². The van der Waals surface area contributed by atoms with Crippen LogP contribution in [0.5, 0.6) is 0 Å². The number of fused-ring (bicyclic) bond motifs is 1. The first kappa shape index (κ1) is 15.9. The van der Waals surface area contributed by atoms with E-state index in [1.165, 1.54) is 4.57 Å². The minimum absolute atomic E-state index is 0.0795. The largest absolute Gasteiger partial charge is 0.346 e. The lowest BCUT2D eigenvalue weighted by Crippen LogP contribution is -2.33. The SMILES string of the molecule is Cc1cc2nc(C(=O)NCc3ccccc3)c(=O)n(C)c2cc1C. The molecule has 122 valence electrons. The van der Waals surface area contributed by atoms with Crippen LogP contribution < -0.4 is 10.9 Å². The molecule has 3 aromatic rings. The van der Waals surface area contributed by atoms with E-state index in [-0.39, 0.29) is 5.69 Å². The number of nitrogens with one attached hydrogen (secondary N) is 1. The van der Waals surface area contributed by atoms with E-state index in [1.54, 1.807) is 7.05 Å². The van der Waals surface area contributed by atoms with Gasteiger partial charge in [0.1, 0.15) is 0 Å². The summed E-state index contributed by atoms with van der Waals surface area (Å²) in [5.41, 5.74) is 4.02. The van der Waals surface area contributed by atoms with Gasteiger partial charge in [-0.05, 0) is 42.7 Å². The third-order valence-corrected chi connectivity index (χ3v) is 4.20. The molecule has 0 saturated carbocycles. The van der Waals surface area contributed by atoms with Gasteiger partial charge in [0.15, 0.2) is 5.69 Å². The average Bonchev–Trinajstić information content (AvgIpc) is 2.59.